The Morgan fingerprint density at radius 1 is 1.21 bits per heavy atom. The normalized spacial score (nSPS) is 19.4. The van der Waals surface area contributed by atoms with Crippen LogP contribution in [0.2, 0.25) is 0 Å². The minimum absolute atomic E-state index is 0.0998. The van der Waals surface area contributed by atoms with Crippen LogP contribution in [0, 0.1) is 11.7 Å². The quantitative estimate of drug-likeness (QED) is 0.641. The molecule has 158 valence electrons. The van der Waals surface area contributed by atoms with Gasteiger partial charge in [-0.2, -0.15) is 0 Å². The Bertz CT molecular complexity index is 735. The molecule has 1 heterocycles. The third kappa shape index (κ3) is 7.18. The van der Waals surface area contributed by atoms with Crippen LogP contribution in [-0.2, 0) is 4.79 Å². The summed E-state index contributed by atoms with van der Waals surface area (Å²) in [6.45, 7) is 2.05. The van der Waals surface area contributed by atoms with Crippen LogP contribution >= 0.6 is 0 Å². The van der Waals surface area contributed by atoms with E-state index in [1.165, 1.54) is 43.4 Å². The highest BCUT2D eigenvalue weighted by Gasteiger charge is 2.24. The Morgan fingerprint density at radius 2 is 2.10 bits per heavy atom. The average Bonchev–Trinajstić information content (AvgIpc) is 2.73. The molecule has 0 saturated carbocycles. The van der Waals surface area contributed by atoms with Crippen molar-refractivity contribution in [3.63, 3.8) is 0 Å². The lowest BCUT2D eigenvalue weighted by molar-refractivity contribution is -0.121. The Hall–Kier alpha value is -2.37. The minimum Gasteiger partial charge on any atom is -0.356 e. The fourth-order valence-corrected chi connectivity index (χ4v) is 4.17. The van der Waals surface area contributed by atoms with Crippen molar-refractivity contribution in [2.24, 2.45) is 5.92 Å². The van der Waals surface area contributed by atoms with Crippen LogP contribution in [0.15, 0.2) is 35.9 Å². The van der Waals surface area contributed by atoms with Crippen molar-refractivity contribution >= 4 is 17.6 Å². The second-order valence-corrected chi connectivity index (χ2v) is 8.14. The third-order valence-electron chi connectivity index (χ3n) is 5.82. The molecular formula is C23H32FN3O2. The molecular weight excluding hydrogens is 369 g/mol. The summed E-state index contributed by atoms with van der Waals surface area (Å²) in [7, 11) is 0. The van der Waals surface area contributed by atoms with Crippen LogP contribution < -0.4 is 10.6 Å². The number of hydrogen-bond acceptors (Lipinski definition) is 2. The van der Waals surface area contributed by atoms with Gasteiger partial charge in [0.25, 0.3) is 0 Å². The predicted molar refractivity (Wildman–Crippen MR) is 113 cm³/mol. The summed E-state index contributed by atoms with van der Waals surface area (Å²) >= 11 is 0. The van der Waals surface area contributed by atoms with E-state index < -0.39 is 0 Å². The molecule has 5 nitrogen and oxygen atoms in total. The average molecular weight is 402 g/mol. The second kappa shape index (κ2) is 11.0. The maximum absolute atomic E-state index is 13.3. The van der Waals surface area contributed by atoms with Gasteiger partial charge in [-0.25, -0.2) is 9.18 Å². The first kappa shape index (κ1) is 21.3. The summed E-state index contributed by atoms with van der Waals surface area (Å²) in [5.41, 5.74) is 1.94. The molecule has 1 aliphatic heterocycles. The van der Waals surface area contributed by atoms with Crippen LogP contribution in [0.4, 0.5) is 14.9 Å². The number of amides is 3. The van der Waals surface area contributed by atoms with E-state index in [0.29, 0.717) is 31.1 Å². The first-order valence-electron chi connectivity index (χ1n) is 10.9. The number of allylic oxidation sites excluding steroid dienone is 1. The summed E-state index contributed by atoms with van der Waals surface area (Å²) in [5.74, 6) is 0.0571. The highest BCUT2D eigenvalue weighted by Crippen LogP contribution is 2.22. The van der Waals surface area contributed by atoms with Gasteiger partial charge in [0.1, 0.15) is 5.82 Å². The summed E-state index contributed by atoms with van der Waals surface area (Å²) in [4.78, 5) is 26.4. The van der Waals surface area contributed by atoms with Gasteiger partial charge in [0, 0.05) is 31.7 Å². The maximum atomic E-state index is 13.3. The molecule has 2 aliphatic rings. The Labute approximate surface area is 172 Å². The molecule has 6 heteroatoms. The van der Waals surface area contributed by atoms with Gasteiger partial charge in [-0.05, 0) is 75.5 Å². The van der Waals surface area contributed by atoms with Gasteiger partial charge in [-0.15, -0.1) is 0 Å². The van der Waals surface area contributed by atoms with Gasteiger partial charge in [0.15, 0.2) is 0 Å². The number of rotatable bonds is 7. The van der Waals surface area contributed by atoms with Crippen molar-refractivity contribution in [2.75, 3.05) is 25.0 Å². The second-order valence-electron chi connectivity index (χ2n) is 8.14. The molecule has 29 heavy (non-hydrogen) atoms. The van der Waals surface area contributed by atoms with E-state index in [2.05, 4.69) is 16.7 Å². The van der Waals surface area contributed by atoms with E-state index in [9.17, 15) is 14.0 Å². The summed E-state index contributed by atoms with van der Waals surface area (Å²) < 4.78 is 13.3. The van der Waals surface area contributed by atoms with Gasteiger partial charge in [0.2, 0.25) is 5.91 Å². The zero-order valence-corrected chi connectivity index (χ0v) is 17.1. The molecule has 0 aromatic heterocycles. The van der Waals surface area contributed by atoms with E-state index in [0.717, 1.165) is 32.2 Å². The number of carbonyl (C=O) groups is 2. The van der Waals surface area contributed by atoms with E-state index in [4.69, 9.17) is 0 Å². The first-order valence-corrected chi connectivity index (χ1v) is 10.9. The van der Waals surface area contributed by atoms with Crippen LogP contribution in [0.1, 0.15) is 57.8 Å². The van der Waals surface area contributed by atoms with Gasteiger partial charge >= 0.3 is 6.03 Å². The van der Waals surface area contributed by atoms with Gasteiger partial charge in [-0.3, -0.25) is 4.79 Å². The molecule has 1 saturated heterocycles. The fourth-order valence-electron chi connectivity index (χ4n) is 4.17. The van der Waals surface area contributed by atoms with Crippen molar-refractivity contribution in [1.82, 2.24) is 10.2 Å². The molecule has 1 aromatic rings. The highest BCUT2D eigenvalue weighted by atomic mass is 19.1. The maximum Gasteiger partial charge on any atom is 0.321 e. The van der Waals surface area contributed by atoms with E-state index in [-0.39, 0.29) is 17.8 Å². The molecule has 1 fully saturated rings. The molecule has 2 N–H and O–H groups in total. The molecule has 1 aromatic carbocycles. The Kier molecular flexibility index (Phi) is 8.08. The lowest BCUT2D eigenvalue weighted by Crippen LogP contribution is -2.42. The smallest absolute Gasteiger partial charge is 0.321 e. The molecule has 0 spiro atoms. The topological polar surface area (TPSA) is 61.4 Å². The van der Waals surface area contributed by atoms with Crippen molar-refractivity contribution in [3.05, 3.63) is 41.7 Å². The Balaban J connectivity index is 1.36. The molecule has 1 atom stereocenters. The van der Waals surface area contributed by atoms with E-state index in [1.54, 1.807) is 17.0 Å². The first-order chi connectivity index (χ1) is 14.1. The third-order valence-corrected chi connectivity index (χ3v) is 5.82. The van der Waals surface area contributed by atoms with Crippen LogP contribution in [-0.4, -0.2) is 36.5 Å². The number of hydrogen-bond donors (Lipinski definition) is 2. The monoisotopic (exact) mass is 401 g/mol. The zero-order valence-electron chi connectivity index (χ0n) is 17.1. The van der Waals surface area contributed by atoms with Crippen molar-refractivity contribution in [1.29, 1.82) is 0 Å². The van der Waals surface area contributed by atoms with E-state index >= 15 is 0 Å². The number of anilines is 1. The molecule has 3 amide bonds. The number of piperidine rings is 1. The fraction of sp³-hybridized carbons (Fsp3) is 0.565. The lowest BCUT2D eigenvalue weighted by Gasteiger charge is -2.32. The number of nitrogens with zero attached hydrogens (tertiary/aromatic N) is 1. The molecule has 0 bridgehead atoms. The molecule has 0 radical (unpaired) electrons. The SMILES string of the molecule is O=C(CCC1CCCN(C(=O)Nc2cccc(F)c2)C1)NCCC1=CCCCC1. The lowest BCUT2D eigenvalue weighted by atomic mass is 9.93. The van der Waals surface area contributed by atoms with Crippen LogP contribution in [0.3, 0.4) is 0 Å². The summed E-state index contributed by atoms with van der Waals surface area (Å²) in [5, 5.41) is 5.79. The minimum atomic E-state index is -0.370. The van der Waals surface area contributed by atoms with Gasteiger partial charge in [-0.1, -0.05) is 17.7 Å². The molecule has 1 unspecified atom stereocenters. The number of halogens is 1. The number of benzene rings is 1. The number of carbonyl (C=O) groups excluding carboxylic acids is 2. The van der Waals surface area contributed by atoms with Gasteiger partial charge in [0.05, 0.1) is 0 Å². The standard InChI is InChI=1S/C23H32FN3O2/c24-20-9-4-10-21(16-20)26-23(29)27-15-5-8-19(17-27)11-12-22(28)25-14-13-18-6-2-1-3-7-18/h4,6,9-10,16,19H,1-3,5,7-8,11-15,17H2,(H,25,28)(H,26,29). The number of urea groups is 1. The summed E-state index contributed by atoms with van der Waals surface area (Å²) in [6.07, 6.45) is 11.4. The van der Waals surface area contributed by atoms with Crippen LogP contribution in [0.25, 0.3) is 0 Å². The van der Waals surface area contributed by atoms with Gasteiger partial charge < -0.3 is 15.5 Å². The summed E-state index contributed by atoms with van der Waals surface area (Å²) in [6, 6.07) is 5.71. The largest absolute Gasteiger partial charge is 0.356 e. The highest BCUT2D eigenvalue weighted by molar-refractivity contribution is 5.89. The molecule has 1 aliphatic carbocycles. The van der Waals surface area contributed by atoms with Crippen LogP contribution in [0.5, 0.6) is 0 Å². The zero-order chi connectivity index (χ0) is 20.5. The number of likely N-dealkylation sites (tertiary alicyclic amines) is 1. The number of nitrogens with one attached hydrogen (secondary N) is 2. The van der Waals surface area contributed by atoms with E-state index in [1.807, 2.05) is 0 Å². The molecule has 3 rings (SSSR count). The van der Waals surface area contributed by atoms with Crippen molar-refractivity contribution in [3.8, 4) is 0 Å². The van der Waals surface area contributed by atoms with Crippen molar-refractivity contribution in [2.45, 2.75) is 57.8 Å². The Morgan fingerprint density at radius 3 is 2.90 bits per heavy atom. The van der Waals surface area contributed by atoms with Crippen molar-refractivity contribution < 1.29 is 14.0 Å². The predicted octanol–water partition coefficient (Wildman–Crippen LogP) is 4.86.